The van der Waals surface area contributed by atoms with Crippen molar-refractivity contribution in [3.63, 3.8) is 0 Å². The van der Waals surface area contributed by atoms with Crippen molar-refractivity contribution in [3.8, 4) is 73.2 Å². The molecule has 10 heteroatoms. The molecule has 0 saturated carbocycles. The molecule has 0 atom stereocenters. The quantitative estimate of drug-likeness (QED) is 0.150. The van der Waals surface area contributed by atoms with Crippen LogP contribution in [0.1, 0.15) is 22.3 Å². The van der Waals surface area contributed by atoms with Crippen LogP contribution in [0.3, 0.4) is 0 Å². The first-order valence-corrected chi connectivity index (χ1v) is 20.8. The maximum absolute atomic E-state index is 14.1. The molecule has 0 aliphatic rings. The zero-order valence-corrected chi connectivity index (χ0v) is 34.9. The molecule has 0 spiro atoms. The van der Waals surface area contributed by atoms with Gasteiger partial charge in [-0.1, -0.05) is 133 Å². The van der Waals surface area contributed by atoms with Gasteiger partial charge in [0.15, 0.2) is 17.5 Å². The third kappa shape index (κ3) is 7.92. The maximum Gasteiger partial charge on any atom is 0.416 e. The first-order chi connectivity index (χ1) is 31.3. The van der Waals surface area contributed by atoms with Crippen LogP contribution < -0.4 is 0 Å². The van der Waals surface area contributed by atoms with E-state index in [4.69, 9.17) is 15.0 Å². The minimum Gasteiger partial charge on any atom is -0.308 e. The lowest BCUT2D eigenvalue weighted by Crippen LogP contribution is -2.06. The summed E-state index contributed by atoms with van der Waals surface area (Å²) >= 11 is 0. The lowest BCUT2D eigenvalue weighted by molar-refractivity contribution is -0.138. The summed E-state index contributed by atoms with van der Waals surface area (Å²) in [5, 5.41) is 1.62. The summed E-state index contributed by atoms with van der Waals surface area (Å²) in [7, 11) is 0. The average Bonchev–Trinajstić information content (AvgIpc) is 3.64. The van der Waals surface area contributed by atoms with Crippen molar-refractivity contribution in [3.05, 3.63) is 204 Å². The van der Waals surface area contributed by atoms with E-state index in [0.29, 0.717) is 56.5 Å². The molecule has 0 fully saturated rings. The molecule has 10 rings (SSSR count). The van der Waals surface area contributed by atoms with E-state index >= 15 is 0 Å². The van der Waals surface area contributed by atoms with Gasteiger partial charge in [0, 0.05) is 38.6 Å². The molecule has 8 aromatic carbocycles. The molecule has 0 aliphatic heterocycles. The van der Waals surface area contributed by atoms with Gasteiger partial charge in [-0.05, 0) is 96.3 Å². The first-order valence-electron chi connectivity index (χ1n) is 20.8. The summed E-state index contributed by atoms with van der Waals surface area (Å²) in [6.45, 7) is 3.64. The lowest BCUT2D eigenvalue weighted by atomic mass is 9.91. The van der Waals surface area contributed by atoms with Gasteiger partial charge in [0.25, 0.3) is 0 Å². The smallest absolute Gasteiger partial charge is 0.308 e. The van der Waals surface area contributed by atoms with Gasteiger partial charge < -0.3 is 4.57 Å². The van der Waals surface area contributed by atoms with Crippen LogP contribution in [0.4, 0.5) is 26.3 Å². The molecule has 0 amide bonds. The number of aromatic nitrogens is 4. The van der Waals surface area contributed by atoms with E-state index in [1.807, 2.05) is 146 Å². The Morgan fingerprint density at radius 3 is 1.42 bits per heavy atom. The number of rotatable bonds is 7. The maximum atomic E-state index is 14.1. The van der Waals surface area contributed by atoms with Gasteiger partial charge in [0.2, 0.25) is 0 Å². The second-order valence-corrected chi connectivity index (χ2v) is 16.1. The number of nitrogens with zero attached hydrogens (tertiary/aromatic N) is 4. The second-order valence-electron chi connectivity index (χ2n) is 16.1. The molecular weight excluding hydrogens is 831 g/mol. The van der Waals surface area contributed by atoms with E-state index in [0.717, 1.165) is 73.9 Å². The Balaban J connectivity index is 1.30. The van der Waals surface area contributed by atoms with Gasteiger partial charge >= 0.3 is 12.4 Å². The standard InChI is InChI=1S/C55H36F6N4/c1-33-17-19-35(20-18-33)45-31-41(53-63-51(37-11-5-3-6-12-37)62-52(64-53)38-13-7-4-8-14-38)32-46(36-21-24-42(25-22-36)54(56,57)58)50(45)65-48-16-10-9-15-44(48)47-30-39(23-26-49(47)65)40-27-34(2)28-43(29-40)55(59,60)61/h3-32H,1-2H3. The number of halogens is 6. The Kier molecular flexibility index (Phi) is 10.2. The highest BCUT2D eigenvalue weighted by atomic mass is 19.4. The Labute approximate surface area is 370 Å². The number of benzene rings is 8. The molecule has 318 valence electrons. The molecule has 0 aliphatic carbocycles. The van der Waals surface area contributed by atoms with Crippen LogP contribution in [0, 0.1) is 13.8 Å². The number of aryl methyl sites for hydroxylation is 2. The second kappa shape index (κ2) is 16.1. The van der Waals surface area contributed by atoms with E-state index in [1.54, 1.807) is 13.0 Å². The van der Waals surface area contributed by atoms with E-state index in [2.05, 4.69) is 4.57 Å². The minimum absolute atomic E-state index is 0.356. The Morgan fingerprint density at radius 2 is 0.846 bits per heavy atom. The summed E-state index contributed by atoms with van der Waals surface area (Å²) in [4.78, 5) is 15.0. The summed E-state index contributed by atoms with van der Waals surface area (Å²) < 4.78 is 86.5. The van der Waals surface area contributed by atoms with Crippen LogP contribution in [0.2, 0.25) is 0 Å². The van der Waals surface area contributed by atoms with Crippen LogP contribution in [-0.2, 0) is 12.4 Å². The fourth-order valence-electron chi connectivity index (χ4n) is 8.46. The molecule has 4 nitrogen and oxygen atoms in total. The summed E-state index contributed by atoms with van der Waals surface area (Å²) in [6, 6.07) is 53.6. The molecule has 0 N–H and O–H groups in total. The molecule has 65 heavy (non-hydrogen) atoms. The van der Waals surface area contributed by atoms with Gasteiger partial charge in [-0.25, -0.2) is 15.0 Å². The summed E-state index contributed by atoms with van der Waals surface area (Å²) in [5.74, 6) is 1.25. The van der Waals surface area contributed by atoms with Crippen LogP contribution in [0.5, 0.6) is 0 Å². The van der Waals surface area contributed by atoms with Crippen molar-refractivity contribution < 1.29 is 26.3 Å². The molecule has 0 unspecified atom stereocenters. The van der Waals surface area contributed by atoms with Crippen LogP contribution >= 0.6 is 0 Å². The van der Waals surface area contributed by atoms with E-state index in [-0.39, 0.29) is 0 Å². The predicted octanol–water partition coefficient (Wildman–Crippen LogP) is 15.6. The van der Waals surface area contributed by atoms with Crippen LogP contribution in [-0.4, -0.2) is 19.5 Å². The van der Waals surface area contributed by atoms with Crippen molar-refractivity contribution in [2.45, 2.75) is 26.2 Å². The molecular formula is C55H36F6N4. The fourth-order valence-corrected chi connectivity index (χ4v) is 8.46. The highest BCUT2D eigenvalue weighted by molar-refractivity contribution is 6.12. The van der Waals surface area contributed by atoms with Crippen molar-refractivity contribution in [1.82, 2.24) is 19.5 Å². The van der Waals surface area contributed by atoms with Crippen LogP contribution in [0.15, 0.2) is 182 Å². The van der Waals surface area contributed by atoms with E-state index in [9.17, 15) is 26.3 Å². The van der Waals surface area contributed by atoms with Gasteiger partial charge in [-0.2, -0.15) is 26.3 Å². The Bertz CT molecular complexity index is 3340. The number of alkyl halides is 6. The molecule has 2 aromatic heterocycles. The van der Waals surface area contributed by atoms with E-state index in [1.165, 1.54) is 12.1 Å². The lowest BCUT2D eigenvalue weighted by Gasteiger charge is -2.21. The number of para-hydroxylation sites is 1. The van der Waals surface area contributed by atoms with Crippen molar-refractivity contribution in [2.75, 3.05) is 0 Å². The zero-order chi connectivity index (χ0) is 45.0. The zero-order valence-electron chi connectivity index (χ0n) is 34.9. The Morgan fingerprint density at radius 1 is 0.354 bits per heavy atom. The summed E-state index contributed by atoms with van der Waals surface area (Å²) in [6.07, 6.45) is -9.09. The monoisotopic (exact) mass is 866 g/mol. The largest absolute Gasteiger partial charge is 0.416 e. The molecule has 0 saturated heterocycles. The average molecular weight is 867 g/mol. The fraction of sp³-hybridized carbons (Fsp3) is 0.0727. The molecule has 2 heterocycles. The minimum atomic E-state index is -4.56. The Hall–Kier alpha value is -7.85. The number of fused-ring (bicyclic) bond motifs is 3. The summed E-state index contributed by atoms with van der Waals surface area (Å²) in [5.41, 5.74) is 8.01. The van der Waals surface area contributed by atoms with E-state index < -0.39 is 23.5 Å². The van der Waals surface area contributed by atoms with Gasteiger partial charge in [0.05, 0.1) is 27.8 Å². The normalized spacial score (nSPS) is 12.0. The van der Waals surface area contributed by atoms with Crippen molar-refractivity contribution in [1.29, 1.82) is 0 Å². The molecule has 0 radical (unpaired) electrons. The molecule has 0 bridgehead atoms. The van der Waals surface area contributed by atoms with Gasteiger partial charge in [-0.3, -0.25) is 0 Å². The van der Waals surface area contributed by atoms with Gasteiger partial charge in [-0.15, -0.1) is 0 Å². The van der Waals surface area contributed by atoms with Crippen molar-refractivity contribution >= 4 is 21.8 Å². The van der Waals surface area contributed by atoms with Crippen molar-refractivity contribution in [2.24, 2.45) is 0 Å². The topological polar surface area (TPSA) is 43.6 Å². The number of hydrogen-bond donors (Lipinski definition) is 0. The molecule has 10 aromatic rings. The first kappa shape index (κ1) is 41.2. The highest BCUT2D eigenvalue weighted by Crippen LogP contribution is 2.45. The SMILES string of the molecule is Cc1ccc(-c2cc(-c3nc(-c4ccccc4)nc(-c4ccccc4)n3)cc(-c3ccc(C(F)(F)F)cc3)c2-n2c3ccccc3c3cc(-c4cc(C)cc(C(F)(F)F)c4)ccc32)cc1. The highest BCUT2D eigenvalue weighted by Gasteiger charge is 2.32. The third-order valence-corrected chi connectivity index (χ3v) is 11.6. The third-order valence-electron chi connectivity index (χ3n) is 11.6. The predicted molar refractivity (Wildman–Crippen MR) is 246 cm³/mol. The van der Waals surface area contributed by atoms with Gasteiger partial charge in [0.1, 0.15) is 0 Å². The number of hydrogen-bond acceptors (Lipinski definition) is 3. The van der Waals surface area contributed by atoms with Crippen LogP contribution in [0.25, 0.3) is 95.0 Å².